The number of rotatable bonds is 3. The summed E-state index contributed by atoms with van der Waals surface area (Å²) in [6.07, 6.45) is 0.993. The van der Waals surface area contributed by atoms with Crippen molar-refractivity contribution in [2.75, 3.05) is 20.2 Å². The molecule has 1 aliphatic heterocycles. The Morgan fingerprint density at radius 3 is 2.86 bits per heavy atom. The lowest BCUT2D eigenvalue weighted by Gasteiger charge is -2.13. The van der Waals surface area contributed by atoms with Gasteiger partial charge in [-0.2, -0.15) is 0 Å². The van der Waals surface area contributed by atoms with Gasteiger partial charge in [-0.1, -0.05) is 0 Å². The number of nitrogens with zero attached hydrogens (tertiary/aromatic N) is 1. The first-order chi connectivity index (χ1) is 10.1. The van der Waals surface area contributed by atoms with E-state index < -0.39 is 5.97 Å². The maximum absolute atomic E-state index is 11.6. The first-order valence-corrected chi connectivity index (χ1v) is 7.03. The number of pyridine rings is 1. The third-order valence-corrected chi connectivity index (χ3v) is 4.04. The maximum Gasteiger partial charge on any atom is 0.336 e. The van der Waals surface area contributed by atoms with E-state index in [9.17, 15) is 9.90 Å². The second kappa shape index (κ2) is 5.33. The summed E-state index contributed by atoms with van der Waals surface area (Å²) in [4.78, 5) is 16.3. The number of carboxylic acids is 1. The highest BCUT2D eigenvalue weighted by Crippen LogP contribution is 2.30. The number of nitrogens with one attached hydrogen (secondary N) is 1. The average Bonchev–Trinajstić information content (AvgIpc) is 3.00. The maximum atomic E-state index is 11.6. The summed E-state index contributed by atoms with van der Waals surface area (Å²) >= 11 is 0. The van der Waals surface area contributed by atoms with E-state index in [-0.39, 0.29) is 5.92 Å². The van der Waals surface area contributed by atoms with Crippen molar-refractivity contribution in [2.24, 2.45) is 0 Å². The van der Waals surface area contributed by atoms with Crippen LogP contribution in [0.5, 0.6) is 5.75 Å². The first-order valence-electron chi connectivity index (χ1n) is 7.03. The van der Waals surface area contributed by atoms with Crippen molar-refractivity contribution in [3.05, 3.63) is 35.0 Å². The van der Waals surface area contributed by atoms with E-state index >= 15 is 0 Å². The highest BCUT2D eigenvalue weighted by molar-refractivity contribution is 6.03. The minimum atomic E-state index is -0.928. The lowest BCUT2D eigenvalue weighted by Crippen LogP contribution is -2.10. The van der Waals surface area contributed by atoms with Crippen LogP contribution in [0.3, 0.4) is 0 Å². The van der Waals surface area contributed by atoms with E-state index in [0.717, 1.165) is 36.3 Å². The Morgan fingerprint density at radius 2 is 2.24 bits per heavy atom. The molecule has 1 saturated heterocycles. The molecule has 5 nitrogen and oxygen atoms in total. The topological polar surface area (TPSA) is 71.5 Å². The van der Waals surface area contributed by atoms with Gasteiger partial charge >= 0.3 is 5.97 Å². The van der Waals surface area contributed by atoms with Crippen molar-refractivity contribution in [1.29, 1.82) is 0 Å². The molecule has 1 aromatic heterocycles. The Bertz CT molecular complexity index is 706. The van der Waals surface area contributed by atoms with E-state index in [1.165, 1.54) is 0 Å². The molecule has 0 aliphatic carbocycles. The number of aryl methyl sites for hydroxylation is 1. The van der Waals surface area contributed by atoms with Gasteiger partial charge in [-0.25, -0.2) is 4.79 Å². The molecule has 2 N–H and O–H groups in total. The quantitative estimate of drug-likeness (QED) is 0.906. The second-order valence-corrected chi connectivity index (χ2v) is 5.43. The number of ether oxygens (including phenoxy) is 1. The zero-order valence-electron chi connectivity index (χ0n) is 12.1. The van der Waals surface area contributed by atoms with Gasteiger partial charge in [-0.3, -0.25) is 4.98 Å². The summed E-state index contributed by atoms with van der Waals surface area (Å²) in [6.45, 7) is 3.74. The van der Waals surface area contributed by atoms with Crippen molar-refractivity contribution in [3.8, 4) is 5.75 Å². The average molecular weight is 286 g/mol. The van der Waals surface area contributed by atoms with Crippen molar-refractivity contribution >= 4 is 16.9 Å². The lowest BCUT2D eigenvalue weighted by atomic mass is 9.98. The van der Waals surface area contributed by atoms with Crippen LogP contribution in [0.15, 0.2) is 18.2 Å². The van der Waals surface area contributed by atoms with E-state index in [2.05, 4.69) is 5.32 Å². The summed E-state index contributed by atoms with van der Waals surface area (Å²) in [6, 6.07) is 5.34. The number of carbonyl (C=O) groups is 1. The molecular weight excluding hydrogens is 268 g/mol. The van der Waals surface area contributed by atoms with Gasteiger partial charge in [0.1, 0.15) is 5.75 Å². The molecule has 1 aromatic carbocycles. The van der Waals surface area contributed by atoms with Gasteiger partial charge in [-0.05, 0) is 43.7 Å². The number of carboxylic acid groups (broad SMARTS) is 1. The van der Waals surface area contributed by atoms with E-state index in [1.54, 1.807) is 19.2 Å². The molecule has 2 heterocycles. The molecule has 3 rings (SSSR count). The zero-order valence-corrected chi connectivity index (χ0v) is 12.1. The zero-order chi connectivity index (χ0) is 15.0. The molecule has 0 amide bonds. The van der Waals surface area contributed by atoms with Crippen molar-refractivity contribution in [2.45, 2.75) is 19.3 Å². The van der Waals surface area contributed by atoms with Crippen molar-refractivity contribution in [3.63, 3.8) is 0 Å². The standard InChI is InChI=1S/C16H18N2O3/c1-9-5-11(21-2)6-12-13(16(19)20)7-14(18-15(9)12)10-3-4-17-8-10/h5-7,10,17H,3-4,8H2,1-2H3,(H,19,20). The lowest BCUT2D eigenvalue weighted by molar-refractivity contribution is 0.0699. The van der Waals surface area contributed by atoms with Crippen LogP contribution in [0, 0.1) is 6.92 Å². The van der Waals surface area contributed by atoms with Gasteiger partial charge in [0.2, 0.25) is 0 Å². The highest BCUT2D eigenvalue weighted by atomic mass is 16.5. The van der Waals surface area contributed by atoms with Gasteiger partial charge in [-0.15, -0.1) is 0 Å². The van der Waals surface area contributed by atoms with Gasteiger partial charge in [0.05, 0.1) is 18.2 Å². The van der Waals surface area contributed by atoms with Gasteiger partial charge < -0.3 is 15.2 Å². The summed E-state index contributed by atoms with van der Waals surface area (Å²) in [7, 11) is 1.58. The van der Waals surface area contributed by atoms with Crippen LogP contribution in [0.25, 0.3) is 10.9 Å². The van der Waals surface area contributed by atoms with Crippen LogP contribution in [-0.4, -0.2) is 36.3 Å². The Hall–Kier alpha value is -2.14. The number of aromatic carboxylic acids is 1. The van der Waals surface area contributed by atoms with Gasteiger partial charge in [0.25, 0.3) is 0 Å². The van der Waals surface area contributed by atoms with Crippen molar-refractivity contribution in [1.82, 2.24) is 10.3 Å². The fourth-order valence-electron chi connectivity index (χ4n) is 2.90. The predicted octanol–water partition coefficient (Wildman–Crippen LogP) is 2.33. The van der Waals surface area contributed by atoms with Crippen LogP contribution in [0.1, 0.15) is 34.0 Å². The molecule has 110 valence electrons. The third kappa shape index (κ3) is 2.45. The minimum absolute atomic E-state index is 0.286. The van der Waals surface area contributed by atoms with Crippen LogP contribution >= 0.6 is 0 Å². The molecular formula is C16H18N2O3. The number of hydrogen-bond acceptors (Lipinski definition) is 4. The monoisotopic (exact) mass is 286 g/mol. The number of aromatic nitrogens is 1. The Balaban J connectivity index is 2.25. The van der Waals surface area contributed by atoms with Crippen LogP contribution in [0.4, 0.5) is 0 Å². The van der Waals surface area contributed by atoms with Crippen LogP contribution in [0.2, 0.25) is 0 Å². The SMILES string of the molecule is COc1cc(C)c2nc(C3CCNC3)cc(C(=O)O)c2c1. The smallest absolute Gasteiger partial charge is 0.336 e. The van der Waals surface area contributed by atoms with E-state index in [0.29, 0.717) is 16.7 Å². The summed E-state index contributed by atoms with van der Waals surface area (Å²) in [5, 5.41) is 13.4. The molecule has 1 atom stereocenters. The Labute approximate surface area is 123 Å². The highest BCUT2D eigenvalue weighted by Gasteiger charge is 2.22. The number of hydrogen-bond donors (Lipinski definition) is 2. The number of benzene rings is 1. The minimum Gasteiger partial charge on any atom is -0.497 e. The van der Waals surface area contributed by atoms with E-state index in [4.69, 9.17) is 9.72 Å². The Morgan fingerprint density at radius 1 is 1.43 bits per heavy atom. The fraction of sp³-hybridized carbons (Fsp3) is 0.375. The Kier molecular flexibility index (Phi) is 3.51. The molecule has 0 saturated carbocycles. The summed E-state index contributed by atoms with van der Waals surface area (Å²) in [5.74, 6) is 0.0100. The molecule has 1 unspecified atom stereocenters. The first kappa shape index (κ1) is 13.8. The largest absolute Gasteiger partial charge is 0.497 e. The normalized spacial score (nSPS) is 18.1. The number of fused-ring (bicyclic) bond motifs is 1. The molecule has 21 heavy (non-hydrogen) atoms. The van der Waals surface area contributed by atoms with Gasteiger partial charge in [0, 0.05) is 23.5 Å². The molecule has 1 fully saturated rings. The third-order valence-electron chi connectivity index (χ3n) is 4.04. The molecule has 0 radical (unpaired) electrons. The van der Waals surface area contributed by atoms with Crippen LogP contribution < -0.4 is 10.1 Å². The van der Waals surface area contributed by atoms with Crippen LogP contribution in [-0.2, 0) is 0 Å². The summed E-state index contributed by atoms with van der Waals surface area (Å²) < 4.78 is 5.24. The predicted molar refractivity (Wildman–Crippen MR) is 80.2 cm³/mol. The molecule has 1 aliphatic rings. The van der Waals surface area contributed by atoms with Crippen molar-refractivity contribution < 1.29 is 14.6 Å². The molecule has 0 bridgehead atoms. The molecule has 2 aromatic rings. The van der Waals surface area contributed by atoms with E-state index in [1.807, 2.05) is 13.0 Å². The molecule has 5 heteroatoms. The van der Waals surface area contributed by atoms with Gasteiger partial charge in [0.15, 0.2) is 0 Å². The fourth-order valence-corrected chi connectivity index (χ4v) is 2.90. The second-order valence-electron chi connectivity index (χ2n) is 5.43. The summed E-state index contributed by atoms with van der Waals surface area (Å²) in [5.41, 5.74) is 2.83. The number of methoxy groups -OCH3 is 1. The molecule has 0 spiro atoms.